The van der Waals surface area contributed by atoms with Crippen molar-refractivity contribution in [1.82, 2.24) is 0 Å². The molecule has 10 heavy (non-hydrogen) atoms. The third-order valence-electron chi connectivity index (χ3n) is 0.836. The van der Waals surface area contributed by atoms with Crippen molar-refractivity contribution in [3.05, 3.63) is 24.4 Å². The topological polar surface area (TPSA) is 24.7 Å². The second-order valence-electron chi connectivity index (χ2n) is 1.70. The van der Waals surface area contributed by atoms with E-state index in [2.05, 4.69) is 16.6 Å². The Kier molecular flexibility index (Phi) is 5.25. The molecule has 2 nitrogen and oxygen atoms in total. The summed E-state index contributed by atoms with van der Waals surface area (Å²) in [6, 6.07) is 0. The zero-order chi connectivity index (χ0) is 7.82. The van der Waals surface area contributed by atoms with E-state index in [0.717, 1.165) is 5.70 Å². The molecule has 0 aromatic carbocycles. The summed E-state index contributed by atoms with van der Waals surface area (Å²) in [5, 5.41) is 0. The fraction of sp³-hybridized carbons (Fsp3) is 0.250. The molecule has 0 atom stereocenters. The first-order valence-electron chi connectivity index (χ1n) is 3.11. The van der Waals surface area contributed by atoms with Gasteiger partial charge in [0.2, 0.25) is 0 Å². The summed E-state index contributed by atoms with van der Waals surface area (Å²) in [5.41, 5.74) is 0.903. The van der Waals surface area contributed by atoms with Crippen molar-refractivity contribution in [2.24, 2.45) is 9.98 Å². The molecule has 2 heteroatoms. The zero-order valence-corrected chi connectivity index (χ0v) is 6.41. The number of aliphatic imine (C=N–C) groups is 2. The highest BCUT2D eigenvalue weighted by Gasteiger charge is 1.74. The molecule has 0 aliphatic carbocycles. The van der Waals surface area contributed by atoms with Gasteiger partial charge >= 0.3 is 0 Å². The average Bonchev–Trinajstić information content (AvgIpc) is 1.89. The SMILES string of the molecule is C=C\C=C(C)/N=C\N=C\C. The molecule has 0 bridgehead atoms. The molecule has 54 valence electrons. The Morgan fingerprint density at radius 2 is 2.20 bits per heavy atom. The van der Waals surface area contributed by atoms with Crippen LogP contribution in [0.5, 0.6) is 0 Å². The summed E-state index contributed by atoms with van der Waals surface area (Å²) >= 11 is 0. The maximum atomic E-state index is 3.97. The lowest BCUT2D eigenvalue weighted by Gasteiger charge is -1.83. The molecule has 0 unspecified atom stereocenters. The molecule has 0 aromatic rings. The van der Waals surface area contributed by atoms with Crippen LogP contribution in [0.1, 0.15) is 13.8 Å². The first kappa shape index (κ1) is 8.82. The predicted molar refractivity (Wildman–Crippen MR) is 46.6 cm³/mol. The quantitative estimate of drug-likeness (QED) is 0.323. The van der Waals surface area contributed by atoms with Crippen LogP contribution in [0.3, 0.4) is 0 Å². The highest BCUT2D eigenvalue weighted by atomic mass is 14.8. The Morgan fingerprint density at radius 3 is 2.70 bits per heavy atom. The van der Waals surface area contributed by atoms with Crippen LogP contribution in [0.25, 0.3) is 0 Å². The lowest BCUT2D eigenvalue weighted by molar-refractivity contribution is 1.31. The summed E-state index contributed by atoms with van der Waals surface area (Å²) in [5.74, 6) is 0. The fourth-order valence-electron chi connectivity index (χ4n) is 0.405. The molecule has 0 saturated heterocycles. The van der Waals surface area contributed by atoms with Crippen LogP contribution in [0.2, 0.25) is 0 Å². The van der Waals surface area contributed by atoms with Crippen LogP contribution in [-0.4, -0.2) is 12.6 Å². The maximum Gasteiger partial charge on any atom is 0.115 e. The standard InChI is InChI=1S/C8H12N2/c1-4-6-8(3)10-7-9-5-2/h4-7H,1H2,2-3H3/b8-6-,9-5+,10-7-. The van der Waals surface area contributed by atoms with E-state index in [1.807, 2.05) is 19.9 Å². The molecular weight excluding hydrogens is 124 g/mol. The van der Waals surface area contributed by atoms with Gasteiger partial charge in [-0.25, -0.2) is 9.98 Å². The molecular formula is C8H12N2. The lowest BCUT2D eigenvalue weighted by atomic mass is 10.4. The largest absolute Gasteiger partial charge is 0.250 e. The summed E-state index contributed by atoms with van der Waals surface area (Å²) in [4.78, 5) is 7.77. The molecule has 0 aliphatic heterocycles. The van der Waals surface area contributed by atoms with Crippen molar-refractivity contribution < 1.29 is 0 Å². The Bertz CT molecular complexity index is 176. The smallest absolute Gasteiger partial charge is 0.115 e. The summed E-state index contributed by atoms with van der Waals surface area (Å²) in [6.07, 6.45) is 6.71. The van der Waals surface area contributed by atoms with Crippen LogP contribution in [0.4, 0.5) is 0 Å². The molecule has 0 N–H and O–H groups in total. The molecule has 0 saturated carbocycles. The van der Waals surface area contributed by atoms with Crippen molar-refractivity contribution in [2.75, 3.05) is 0 Å². The van der Waals surface area contributed by atoms with Gasteiger partial charge in [0, 0.05) is 11.9 Å². The Morgan fingerprint density at radius 1 is 1.50 bits per heavy atom. The average molecular weight is 136 g/mol. The molecule has 0 fully saturated rings. The van der Waals surface area contributed by atoms with Gasteiger partial charge in [0.25, 0.3) is 0 Å². The number of hydrogen-bond acceptors (Lipinski definition) is 1. The second-order valence-corrected chi connectivity index (χ2v) is 1.70. The maximum absolute atomic E-state index is 3.97. The van der Waals surface area contributed by atoms with Crippen molar-refractivity contribution >= 4 is 12.6 Å². The van der Waals surface area contributed by atoms with E-state index < -0.39 is 0 Å². The van der Waals surface area contributed by atoms with Gasteiger partial charge in [-0.15, -0.1) is 0 Å². The first-order chi connectivity index (χ1) is 4.81. The molecule has 0 amide bonds. The van der Waals surface area contributed by atoms with E-state index in [1.165, 1.54) is 6.34 Å². The second kappa shape index (κ2) is 5.95. The van der Waals surface area contributed by atoms with Crippen LogP contribution < -0.4 is 0 Å². The number of nitrogens with zero attached hydrogens (tertiary/aromatic N) is 2. The van der Waals surface area contributed by atoms with Gasteiger partial charge < -0.3 is 0 Å². The summed E-state index contributed by atoms with van der Waals surface area (Å²) in [7, 11) is 0. The van der Waals surface area contributed by atoms with Gasteiger partial charge in [0.15, 0.2) is 0 Å². The van der Waals surface area contributed by atoms with E-state index in [9.17, 15) is 0 Å². The monoisotopic (exact) mass is 136 g/mol. The van der Waals surface area contributed by atoms with Gasteiger partial charge in [-0.05, 0) is 19.9 Å². The Balaban J connectivity index is 3.88. The number of rotatable bonds is 3. The van der Waals surface area contributed by atoms with Gasteiger partial charge in [-0.3, -0.25) is 0 Å². The minimum Gasteiger partial charge on any atom is -0.250 e. The molecule has 0 radical (unpaired) electrons. The highest BCUT2D eigenvalue weighted by Crippen LogP contribution is 1.91. The van der Waals surface area contributed by atoms with E-state index in [-0.39, 0.29) is 0 Å². The number of hydrogen-bond donors (Lipinski definition) is 0. The van der Waals surface area contributed by atoms with Crippen LogP contribution >= 0.6 is 0 Å². The normalized spacial score (nSPS) is 13.2. The Labute approximate surface area is 61.7 Å². The zero-order valence-electron chi connectivity index (χ0n) is 6.41. The minimum absolute atomic E-state index is 0.903. The number of allylic oxidation sites excluding steroid dienone is 3. The predicted octanol–water partition coefficient (Wildman–Crippen LogP) is 2.20. The molecule has 0 aromatic heterocycles. The molecule has 0 rings (SSSR count). The van der Waals surface area contributed by atoms with Crippen molar-refractivity contribution in [3.8, 4) is 0 Å². The van der Waals surface area contributed by atoms with E-state index >= 15 is 0 Å². The highest BCUT2D eigenvalue weighted by molar-refractivity contribution is 5.71. The van der Waals surface area contributed by atoms with E-state index in [1.54, 1.807) is 12.3 Å². The third-order valence-corrected chi connectivity index (χ3v) is 0.836. The third kappa shape index (κ3) is 4.97. The minimum atomic E-state index is 0.903. The fourth-order valence-corrected chi connectivity index (χ4v) is 0.405. The summed E-state index contributed by atoms with van der Waals surface area (Å²) < 4.78 is 0. The van der Waals surface area contributed by atoms with Crippen molar-refractivity contribution in [1.29, 1.82) is 0 Å². The van der Waals surface area contributed by atoms with Crippen molar-refractivity contribution in [3.63, 3.8) is 0 Å². The van der Waals surface area contributed by atoms with Gasteiger partial charge in [-0.1, -0.05) is 12.7 Å². The molecule has 0 heterocycles. The van der Waals surface area contributed by atoms with E-state index in [4.69, 9.17) is 0 Å². The Hall–Kier alpha value is -1.18. The van der Waals surface area contributed by atoms with Crippen LogP contribution in [0, 0.1) is 0 Å². The molecule has 0 aliphatic rings. The van der Waals surface area contributed by atoms with Crippen LogP contribution in [-0.2, 0) is 0 Å². The summed E-state index contributed by atoms with van der Waals surface area (Å²) in [6.45, 7) is 7.28. The first-order valence-corrected chi connectivity index (χ1v) is 3.11. The molecule has 0 spiro atoms. The van der Waals surface area contributed by atoms with E-state index in [0.29, 0.717) is 0 Å². The van der Waals surface area contributed by atoms with Crippen LogP contribution in [0.15, 0.2) is 34.4 Å². The van der Waals surface area contributed by atoms with Gasteiger partial charge in [-0.2, -0.15) is 0 Å². The van der Waals surface area contributed by atoms with Gasteiger partial charge in [0.1, 0.15) is 6.34 Å². The van der Waals surface area contributed by atoms with Crippen molar-refractivity contribution in [2.45, 2.75) is 13.8 Å². The van der Waals surface area contributed by atoms with Gasteiger partial charge in [0.05, 0.1) is 0 Å². The lowest BCUT2D eigenvalue weighted by Crippen LogP contribution is -1.70.